The maximum atomic E-state index is 12.0. The summed E-state index contributed by atoms with van der Waals surface area (Å²) in [6.07, 6.45) is 13.7. The van der Waals surface area contributed by atoms with Gasteiger partial charge in [0.2, 0.25) is 0 Å². The molecule has 1 nitrogen and oxygen atoms in total. The number of ketones is 1. The van der Waals surface area contributed by atoms with Gasteiger partial charge >= 0.3 is 0 Å². The van der Waals surface area contributed by atoms with Gasteiger partial charge in [0.1, 0.15) is 5.78 Å². The Morgan fingerprint density at radius 1 is 0.625 bits per heavy atom. The van der Waals surface area contributed by atoms with Crippen LogP contribution in [0.3, 0.4) is 0 Å². The van der Waals surface area contributed by atoms with Crippen molar-refractivity contribution in [3.63, 3.8) is 0 Å². The van der Waals surface area contributed by atoms with E-state index in [0.717, 1.165) is 11.8 Å². The van der Waals surface area contributed by atoms with Gasteiger partial charge in [-0.25, -0.2) is 0 Å². The van der Waals surface area contributed by atoms with Crippen molar-refractivity contribution in [2.45, 2.75) is 64.2 Å². The third kappa shape index (κ3) is 1.94. The average Bonchev–Trinajstić information content (AvgIpc) is 3.03. The summed E-state index contributed by atoms with van der Waals surface area (Å²) in [6.45, 7) is 0. The van der Waals surface area contributed by atoms with E-state index < -0.39 is 0 Å². The molecule has 0 amide bonds. The minimum absolute atomic E-state index is 0.517. The molecular weight excluding hydrogens is 196 g/mol. The molecule has 0 N–H and O–H groups in total. The maximum Gasteiger partial charge on any atom is 0.141 e. The minimum atomic E-state index is 0.517. The molecule has 0 bridgehead atoms. The summed E-state index contributed by atoms with van der Waals surface area (Å²) in [5.41, 5.74) is 0. The molecular formula is C15H24O. The molecule has 0 saturated heterocycles. The molecule has 3 rings (SSSR count). The van der Waals surface area contributed by atoms with Crippen molar-refractivity contribution in [2.75, 3.05) is 0 Å². The van der Waals surface area contributed by atoms with E-state index >= 15 is 0 Å². The summed E-state index contributed by atoms with van der Waals surface area (Å²) >= 11 is 0. The maximum absolute atomic E-state index is 12.0. The van der Waals surface area contributed by atoms with Gasteiger partial charge in [0.05, 0.1) is 0 Å². The third-order valence-electron chi connectivity index (χ3n) is 5.25. The van der Waals surface area contributed by atoms with Crippen molar-refractivity contribution in [3.05, 3.63) is 0 Å². The van der Waals surface area contributed by atoms with Crippen molar-refractivity contribution in [2.24, 2.45) is 23.7 Å². The first-order valence-corrected chi connectivity index (χ1v) is 7.41. The second-order valence-electron chi connectivity index (χ2n) is 6.25. The number of hydrogen-bond donors (Lipinski definition) is 0. The highest BCUT2D eigenvalue weighted by molar-refractivity contribution is 5.99. The topological polar surface area (TPSA) is 17.1 Å². The van der Waals surface area contributed by atoms with E-state index in [2.05, 4.69) is 0 Å². The lowest BCUT2D eigenvalue weighted by atomic mass is 9.80. The molecule has 3 fully saturated rings. The molecule has 1 heteroatoms. The van der Waals surface area contributed by atoms with Crippen LogP contribution in [0.5, 0.6) is 0 Å². The zero-order valence-electron chi connectivity index (χ0n) is 10.3. The van der Waals surface area contributed by atoms with Crippen molar-refractivity contribution < 1.29 is 4.79 Å². The fraction of sp³-hybridized carbons (Fsp3) is 0.933. The highest BCUT2D eigenvalue weighted by Crippen LogP contribution is 2.52. The van der Waals surface area contributed by atoms with Gasteiger partial charge in [-0.05, 0) is 37.5 Å². The van der Waals surface area contributed by atoms with E-state index in [-0.39, 0.29) is 0 Å². The van der Waals surface area contributed by atoms with Crippen molar-refractivity contribution in [1.29, 1.82) is 0 Å². The predicted octanol–water partition coefficient (Wildman–Crippen LogP) is 3.96. The first-order chi connectivity index (χ1) is 7.88. The SMILES string of the molecule is O=C1C(C2CCCCC2)C1C1CCCCC1. The van der Waals surface area contributed by atoms with Crippen molar-refractivity contribution in [3.8, 4) is 0 Å². The molecule has 0 aromatic carbocycles. The Kier molecular flexibility index (Phi) is 3.04. The normalized spacial score (nSPS) is 37.6. The summed E-state index contributed by atoms with van der Waals surface area (Å²) in [6, 6.07) is 0. The highest BCUT2D eigenvalue weighted by atomic mass is 16.1. The van der Waals surface area contributed by atoms with Crippen LogP contribution in [0.2, 0.25) is 0 Å². The number of rotatable bonds is 2. The third-order valence-corrected chi connectivity index (χ3v) is 5.25. The molecule has 16 heavy (non-hydrogen) atoms. The van der Waals surface area contributed by atoms with E-state index in [1.54, 1.807) is 0 Å². The minimum Gasteiger partial charge on any atom is -0.299 e. The van der Waals surface area contributed by atoms with E-state index in [0.29, 0.717) is 17.6 Å². The molecule has 3 aliphatic carbocycles. The van der Waals surface area contributed by atoms with Crippen LogP contribution in [-0.4, -0.2) is 5.78 Å². The fourth-order valence-electron chi connectivity index (χ4n) is 4.32. The Balaban J connectivity index is 1.59. The largest absolute Gasteiger partial charge is 0.299 e. The second-order valence-corrected chi connectivity index (χ2v) is 6.25. The smallest absolute Gasteiger partial charge is 0.141 e. The summed E-state index contributed by atoms with van der Waals surface area (Å²) in [5, 5.41) is 0. The summed E-state index contributed by atoms with van der Waals surface area (Å²) < 4.78 is 0. The second kappa shape index (κ2) is 4.50. The lowest BCUT2D eigenvalue weighted by molar-refractivity contribution is -0.113. The van der Waals surface area contributed by atoms with Crippen LogP contribution in [0, 0.1) is 23.7 Å². The van der Waals surface area contributed by atoms with Crippen LogP contribution in [0.1, 0.15) is 64.2 Å². The van der Waals surface area contributed by atoms with Crippen molar-refractivity contribution in [1.82, 2.24) is 0 Å². The Hall–Kier alpha value is -0.330. The fourth-order valence-corrected chi connectivity index (χ4v) is 4.32. The molecule has 0 aromatic rings. The summed E-state index contributed by atoms with van der Waals surface area (Å²) in [5.74, 6) is 3.26. The molecule has 0 spiro atoms. The number of carbonyl (C=O) groups excluding carboxylic acids is 1. The van der Waals surface area contributed by atoms with Crippen LogP contribution < -0.4 is 0 Å². The standard InChI is InChI=1S/C15H24O/c16-15-13(11-7-3-1-4-8-11)14(15)12-9-5-2-6-10-12/h11-14H,1-10H2. The van der Waals surface area contributed by atoms with E-state index in [9.17, 15) is 4.79 Å². The van der Waals surface area contributed by atoms with Gasteiger partial charge in [0.25, 0.3) is 0 Å². The molecule has 3 aliphatic rings. The van der Waals surface area contributed by atoms with Gasteiger partial charge in [0, 0.05) is 11.8 Å². The predicted molar refractivity (Wildman–Crippen MR) is 65.1 cm³/mol. The van der Waals surface area contributed by atoms with Crippen LogP contribution in [0.4, 0.5) is 0 Å². The lowest BCUT2D eigenvalue weighted by Gasteiger charge is -2.24. The Morgan fingerprint density at radius 2 is 1.00 bits per heavy atom. The summed E-state index contributed by atoms with van der Waals surface area (Å²) in [7, 11) is 0. The molecule has 2 atom stereocenters. The Bertz CT molecular complexity index is 233. The van der Waals surface area contributed by atoms with Gasteiger partial charge in [-0.3, -0.25) is 4.79 Å². The molecule has 90 valence electrons. The molecule has 3 saturated carbocycles. The quantitative estimate of drug-likeness (QED) is 0.688. The van der Waals surface area contributed by atoms with Crippen LogP contribution in [0.15, 0.2) is 0 Å². The zero-order chi connectivity index (χ0) is 11.0. The average molecular weight is 220 g/mol. The van der Waals surface area contributed by atoms with Gasteiger partial charge in [0.15, 0.2) is 0 Å². The van der Waals surface area contributed by atoms with E-state index in [1.807, 2.05) is 0 Å². The molecule has 0 aliphatic heterocycles. The van der Waals surface area contributed by atoms with Crippen LogP contribution in [-0.2, 0) is 4.79 Å². The van der Waals surface area contributed by atoms with E-state index in [1.165, 1.54) is 64.2 Å². The monoisotopic (exact) mass is 220 g/mol. The molecule has 0 heterocycles. The van der Waals surface area contributed by atoms with Gasteiger partial charge in [-0.1, -0.05) is 38.5 Å². The number of hydrogen-bond acceptors (Lipinski definition) is 1. The van der Waals surface area contributed by atoms with Gasteiger partial charge < -0.3 is 0 Å². The van der Waals surface area contributed by atoms with Crippen molar-refractivity contribution >= 4 is 5.78 Å². The zero-order valence-corrected chi connectivity index (χ0v) is 10.3. The van der Waals surface area contributed by atoms with Gasteiger partial charge in [-0.2, -0.15) is 0 Å². The highest BCUT2D eigenvalue weighted by Gasteiger charge is 2.56. The molecule has 0 aromatic heterocycles. The first-order valence-electron chi connectivity index (χ1n) is 7.41. The van der Waals surface area contributed by atoms with Crippen LogP contribution in [0.25, 0.3) is 0 Å². The molecule has 0 radical (unpaired) electrons. The first kappa shape index (κ1) is 10.8. The Morgan fingerprint density at radius 3 is 1.38 bits per heavy atom. The van der Waals surface area contributed by atoms with Gasteiger partial charge in [-0.15, -0.1) is 0 Å². The van der Waals surface area contributed by atoms with E-state index in [4.69, 9.17) is 0 Å². The van der Waals surface area contributed by atoms with Crippen LogP contribution >= 0.6 is 0 Å². The Labute approximate surface area is 99.0 Å². The summed E-state index contributed by atoms with van der Waals surface area (Å²) in [4.78, 5) is 12.0. The lowest BCUT2D eigenvalue weighted by Crippen LogP contribution is -2.14. The number of carbonyl (C=O) groups is 1. The molecule has 2 unspecified atom stereocenters. The number of Topliss-reactive ketones (excluding diaryl/α,β-unsaturated/α-hetero) is 1.